The number of amides is 1. The van der Waals surface area contributed by atoms with E-state index in [1.807, 2.05) is 0 Å². The predicted molar refractivity (Wildman–Crippen MR) is 114 cm³/mol. The van der Waals surface area contributed by atoms with Crippen LogP contribution in [0.2, 0.25) is 0 Å². The minimum absolute atomic E-state index is 0.153. The Bertz CT molecular complexity index is 721. The molecule has 0 spiro atoms. The maximum Gasteiger partial charge on any atom is 0.239 e. The number of piperidine rings is 1. The molecule has 6 rings (SSSR count). The molecule has 2 heterocycles. The van der Waals surface area contributed by atoms with Gasteiger partial charge in [0.2, 0.25) is 15.9 Å². The van der Waals surface area contributed by atoms with Gasteiger partial charge in [-0.25, -0.2) is 12.7 Å². The summed E-state index contributed by atoms with van der Waals surface area (Å²) < 4.78 is 30.8. The summed E-state index contributed by atoms with van der Waals surface area (Å²) in [5.41, 5.74) is 0. The smallest absolute Gasteiger partial charge is 0.239 e. The summed E-state index contributed by atoms with van der Waals surface area (Å²) >= 11 is 0. The lowest BCUT2D eigenvalue weighted by molar-refractivity contribution is -0.137. The monoisotopic (exact) mass is 439 g/mol. The molecule has 30 heavy (non-hydrogen) atoms. The summed E-state index contributed by atoms with van der Waals surface area (Å²) in [4.78, 5) is 15.6. The quantitative estimate of drug-likeness (QED) is 0.699. The van der Waals surface area contributed by atoms with Gasteiger partial charge in [-0.15, -0.1) is 0 Å². The SMILES string of the molecule is CS(=O)(=O)N1CCC(CN2CCOCC2C(=O)NC2C3CC4CC(C3)CC2C4)CC1. The summed E-state index contributed by atoms with van der Waals surface area (Å²) in [5.74, 6) is 3.78. The highest BCUT2D eigenvalue weighted by Gasteiger charge is 2.49. The minimum Gasteiger partial charge on any atom is -0.378 e. The third-order valence-corrected chi connectivity index (χ3v) is 9.92. The van der Waals surface area contributed by atoms with Crippen molar-refractivity contribution in [3.63, 3.8) is 0 Å². The van der Waals surface area contributed by atoms with E-state index in [4.69, 9.17) is 4.74 Å². The van der Waals surface area contributed by atoms with E-state index in [-0.39, 0.29) is 11.9 Å². The first-order valence-corrected chi connectivity index (χ1v) is 13.8. The Labute approximate surface area is 180 Å². The molecule has 0 radical (unpaired) electrons. The molecule has 170 valence electrons. The van der Waals surface area contributed by atoms with Crippen molar-refractivity contribution >= 4 is 15.9 Å². The number of carbonyl (C=O) groups is 1. The van der Waals surface area contributed by atoms with Gasteiger partial charge in [0.1, 0.15) is 6.04 Å². The fraction of sp³-hybridized carbons (Fsp3) is 0.955. The van der Waals surface area contributed by atoms with E-state index in [0.29, 0.717) is 50.1 Å². The second-order valence-corrected chi connectivity index (χ2v) is 12.6. The van der Waals surface area contributed by atoms with E-state index >= 15 is 0 Å². The Hall–Kier alpha value is -0.700. The van der Waals surface area contributed by atoms with Gasteiger partial charge in [0.25, 0.3) is 0 Å². The van der Waals surface area contributed by atoms with Crippen LogP contribution in [0.5, 0.6) is 0 Å². The highest BCUT2D eigenvalue weighted by atomic mass is 32.2. The predicted octanol–water partition coefficient (Wildman–Crippen LogP) is 1.30. The van der Waals surface area contributed by atoms with Gasteiger partial charge in [-0.1, -0.05) is 0 Å². The molecule has 0 aromatic rings. The standard InChI is InChI=1S/C22H37N3O4S/c1-30(27,28)25-4-2-15(3-5-25)13-24-6-7-29-14-20(24)22(26)23-21-18-9-16-8-17(11-18)12-19(21)10-16/h15-21H,2-14H2,1H3,(H,23,26). The Balaban J connectivity index is 1.18. The third-order valence-electron chi connectivity index (χ3n) is 8.61. The molecular weight excluding hydrogens is 402 g/mol. The van der Waals surface area contributed by atoms with E-state index in [0.717, 1.165) is 37.8 Å². The number of nitrogens with zero attached hydrogens (tertiary/aromatic N) is 2. The number of hydrogen-bond acceptors (Lipinski definition) is 5. The van der Waals surface area contributed by atoms with Crippen LogP contribution in [0.3, 0.4) is 0 Å². The van der Waals surface area contributed by atoms with Crippen LogP contribution in [0.25, 0.3) is 0 Å². The average Bonchev–Trinajstić information content (AvgIpc) is 2.70. The molecule has 7 nitrogen and oxygen atoms in total. The van der Waals surface area contributed by atoms with Crippen LogP contribution in [0.1, 0.15) is 44.9 Å². The fourth-order valence-corrected chi connectivity index (χ4v) is 8.15. The van der Waals surface area contributed by atoms with Crippen molar-refractivity contribution in [3.05, 3.63) is 0 Å². The van der Waals surface area contributed by atoms with E-state index < -0.39 is 10.0 Å². The molecule has 2 aliphatic heterocycles. The van der Waals surface area contributed by atoms with E-state index in [1.54, 1.807) is 4.31 Å². The second kappa shape index (κ2) is 8.34. The Morgan fingerprint density at radius 2 is 1.63 bits per heavy atom. The first-order valence-electron chi connectivity index (χ1n) is 11.9. The Kier molecular flexibility index (Phi) is 5.88. The zero-order valence-corrected chi connectivity index (χ0v) is 19.0. The summed E-state index contributed by atoms with van der Waals surface area (Å²) in [6, 6.07) is 0.163. The van der Waals surface area contributed by atoms with Gasteiger partial charge in [-0.3, -0.25) is 9.69 Å². The van der Waals surface area contributed by atoms with Crippen LogP contribution in [-0.4, -0.2) is 81.3 Å². The Morgan fingerprint density at radius 1 is 1.00 bits per heavy atom. The molecule has 8 heteroatoms. The summed E-state index contributed by atoms with van der Waals surface area (Å²) in [7, 11) is -3.10. The zero-order chi connectivity index (χ0) is 20.9. The highest BCUT2D eigenvalue weighted by Crippen LogP contribution is 2.53. The van der Waals surface area contributed by atoms with Crippen molar-refractivity contribution in [2.45, 2.75) is 57.0 Å². The van der Waals surface area contributed by atoms with Gasteiger partial charge in [-0.05, 0) is 74.5 Å². The number of morpholine rings is 1. The number of rotatable bonds is 5. The maximum absolute atomic E-state index is 13.3. The molecule has 4 aliphatic carbocycles. The van der Waals surface area contributed by atoms with Gasteiger partial charge >= 0.3 is 0 Å². The molecule has 2 saturated heterocycles. The number of nitrogens with one attached hydrogen (secondary N) is 1. The third kappa shape index (κ3) is 4.30. The molecule has 6 fully saturated rings. The summed E-state index contributed by atoms with van der Waals surface area (Å²) in [6.07, 6.45) is 9.69. The molecular formula is C22H37N3O4S. The van der Waals surface area contributed by atoms with E-state index in [1.165, 1.54) is 38.4 Å². The Morgan fingerprint density at radius 3 is 2.23 bits per heavy atom. The van der Waals surface area contributed by atoms with Crippen molar-refractivity contribution in [1.82, 2.24) is 14.5 Å². The van der Waals surface area contributed by atoms with Gasteiger partial charge < -0.3 is 10.1 Å². The average molecular weight is 440 g/mol. The van der Waals surface area contributed by atoms with Crippen molar-refractivity contribution in [3.8, 4) is 0 Å². The molecule has 1 unspecified atom stereocenters. The topological polar surface area (TPSA) is 79.0 Å². The molecule has 6 aliphatic rings. The zero-order valence-electron chi connectivity index (χ0n) is 18.2. The minimum atomic E-state index is -3.10. The normalized spacial score (nSPS) is 40.6. The van der Waals surface area contributed by atoms with Crippen molar-refractivity contribution in [2.75, 3.05) is 45.6 Å². The molecule has 1 N–H and O–H groups in total. The van der Waals surface area contributed by atoms with Gasteiger partial charge in [0.15, 0.2) is 0 Å². The number of ether oxygens (including phenoxy) is 1. The van der Waals surface area contributed by atoms with Gasteiger partial charge in [0, 0.05) is 32.2 Å². The van der Waals surface area contributed by atoms with Crippen LogP contribution in [0, 0.1) is 29.6 Å². The van der Waals surface area contributed by atoms with Crippen molar-refractivity contribution < 1.29 is 17.9 Å². The van der Waals surface area contributed by atoms with E-state index in [9.17, 15) is 13.2 Å². The second-order valence-electron chi connectivity index (χ2n) is 10.7. The van der Waals surface area contributed by atoms with E-state index in [2.05, 4.69) is 10.2 Å². The van der Waals surface area contributed by atoms with Crippen LogP contribution in [-0.2, 0) is 19.6 Å². The lowest BCUT2D eigenvalue weighted by Gasteiger charge is -2.54. The van der Waals surface area contributed by atoms with Gasteiger partial charge in [-0.2, -0.15) is 0 Å². The molecule has 4 bridgehead atoms. The van der Waals surface area contributed by atoms with Crippen LogP contribution in [0.4, 0.5) is 0 Å². The van der Waals surface area contributed by atoms with Crippen molar-refractivity contribution in [1.29, 1.82) is 0 Å². The lowest BCUT2D eigenvalue weighted by atomic mass is 9.54. The molecule has 1 amide bonds. The van der Waals surface area contributed by atoms with Crippen LogP contribution in [0.15, 0.2) is 0 Å². The number of carbonyl (C=O) groups excluding carboxylic acids is 1. The first kappa shape index (κ1) is 21.2. The van der Waals surface area contributed by atoms with Crippen molar-refractivity contribution in [2.24, 2.45) is 29.6 Å². The van der Waals surface area contributed by atoms with Crippen LogP contribution >= 0.6 is 0 Å². The molecule has 1 atom stereocenters. The maximum atomic E-state index is 13.3. The largest absolute Gasteiger partial charge is 0.378 e. The summed E-state index contributed by atoms with van der Waals surface area (Å²) in [6.45, 7) is 3.98. The van der Waals surface area contributed by atoms with Gasteiger partial charge in [0.05, 0.1) is 19.5 Å². The number of sulfonamides is 1. The highest BCUT2D eigenvalue weighted by molar-refractivity contribution is 7.88. The van der Waals surface area contributed by atoms with Crippen LogP contribution < -0.4 is 5.32 Å². The summed E-state index contributed by atoms with van der Waals surface area (Å²) in [5, 5.41) is 3.48. The molecule has 0 aromatic heterocycles. The first-order chi connectivity index (χ1) is 14.4. The number of hydrogen-bond donors (Lipinski definition) is 1. The molecule has 0 aromatic carbocycles. The molecule has 4 saturated carbocycles. The fourth-order valence-electron chi connectivity index (χ4n) is 7.27. The lowest BCUT2D eigenvalue weighted by Crippen LogP contribution is -2.61.